The molecule has 144 valence electrons. The number of ether oxygens (including phenoxy) is 2. The van der Waals surface area contributed by atoms with Crippen molar-refractivity contribution in [3.8, 4) is 22.8 Å². The van der Waals surface area contributed by atoms with Crippen LogP contribution in [-0.2, 0) is 6.42 Å². The Kier molecular flexibility index (Phi) is 4.44. The van der Waals surface area contributed by atoms with E-state index in [1.54, 1.807) is 0 Å². The van der Waals surface area contributed by atoms with E-state index in [9.17, 15) is 0 Å². The molecule has 3 heterocycles. The minimum Gasteiger partial charge on any atom is -0.490 e. The molecule has 6 nitrogen and oxygen atoms in total. The third-order valence-electron chi connectivity index (χ3n) is 4.89. The molecule has 0 radical (unpaired) electrons. The molecule has 1 aliphatic heterocycles. The molecule has 2 aromatic heterocycles. The van der Waals surface area contributed by atoms with Crippen LogP contribution in [0.1, 0.15) is 17.7 Å². The maximum Gasteiger partial charge on any atom is 0.220 e. The van der Waals surface area contributed by atoms with E-state index in [4.69, 9.17) is 20.2 Å². The first-order chi connectivity index (χ1) is 14.3. The van der Waals surface area contributed by atoms with E-state index in [-0.39, 0.29) is 5.95 Å². The molecule has 2 N–H and O–H groups in total. The standard InChI is InChI=1S/C23H20N4O2/c24-23-26-18-9-8-17(16-7-10-20-21(14-16)29-12-4-11-28-20)25-22(18)19(27-23)13-15-5-2-1-3-6-15/h1-3,5-10,14H,4,11-13H2,(H2,24,26,27). The zero-order valence-electron chi connectivity index (χ0n) is 15.8. The Bertz CT molecular complexity index is 1180. The summed E-state index contributed by atoms with van der Waals surface area (Å²) in [5, 5.41) is 0. The fourth-order valence-corrected chi connectivity index (χ4v) is 3.49. The maximum absolute atomic E-state index is 5.94. The third kappa shape index (κ3) is 3.57. The number of benzene rings is 2. The summed E-state index contributed by atoms with van der Waals surface area (Å²) < 4.78 is 11.6. The molecule has 0 amide bonds. The number of nitrogens with two attached hydrogens (primary N) is 1. The smallest absolute Gasteiger partial charge is 0.220 e. The molecule has 2 aromatic carbocycles. The molecule has 0 aliphatic carbocycles. The minimum atomic E-state index is 0.258. The lowest BCUT2D eigenvalue weighted by Crippen LogP contribution is -2.03. The predicted octanol–water partition coefficient (Wildman–Crippen LogP) is 4.03. The van der Waals surface area contributed by atoms with Gasteiger partial charge in [0.05, 0.1) is 30.1 Å². The Balaban J connectivity index is 1.58. The Morgan fingerprint density at radius 3 is 2.52 bits per heavy atom. The van der Waals surface area contributed by atoms with Gasteiger partial charge >= 0.3 is 0 Å². The van der Waals surface area contributed by atoms with E-state index in [0.717, 1.165) is 51.5 Å². The highest BCUT2D eigenvalue weighted by Gasteiger charge is 2.14. The molecule has 0 saturated heterocycles. The summed E-state index contributed by atoms with van der Waals surface area (Å²) >= 11 is 0. The van der Waals surface area contributed by atoms with Gasteiger partial charge in [0.1, 0.15) is 5.52 Å². The molecule has 0 unspecified atom stereocenters. The van der Waals surface area contributed by atoms with E-state index in [1.807, 2.05) is 48.5 Å². The quantitative estimate of drug-likeness (QED) is 0.574. The molecule has 5 rings (SSSR count). The predicted molar refractivity (Wildman–Crippen MR) is 112 cm³/mol. The van der Waals surface area contributed by atoms with E-state index in [0.29, 0.717) is 19.6 Å². The third-order valence-corrected chi connectivity index (χ3v) is 4.89. The van der Waals surface area contributed by atoms with Crippen molar-refractivity contribution >= 4 is 17.0 Å². The summed E-state index contributed by atoms with van der Waals surface area (Å²) in [5.41, 5.74) is 11.2. The monoisotopic (exact) mass is 384 g/mol. The first-order valence-corrected chi connectivity index (χ1v) is 9.63. The number of hydrogen-bond donors (Lipinski definition) is 1. The van der Waals surface area contributed by atoms with Gasteiger partial charge in [-0.25, -0.2) is 15.0 Å². The van der Waals surface area contributed by atoms with Gasteiger partial charge in [-0.2, -0.15) is 0 Å². The Hall–Kier alpha value is -3.67. The van der Waals surface area contributed by atoms with Crippen LogP contribution in [0.3, 0.4) is 0 Å². The summed E-state index contributed by atoms with van der Waals surface area (Å²) in [6.45, 7) is 1.32. The molecule has 0 saturated carbocycles. The lowest BCUT2D eigenvalue weighted by Gasteiger charge is -2.11. The van der Waals surface area contributed by atoms with Crippen molar-refractivity contribution in [3.63, 3.8) is 0 Å². The number of nitrogen functional groups attached to an aromatic ring is 1. The van der Waals surface area contributed by atoms with E-state index in [2.05, 4.69) is 22.1 Å². The van der Waals surface area contributed by atoms with Crippen LogP contribution in [0.2, 0.25) is 0 Å². The summed E-state index contributed by atoms with van der Waals surface area (Å²) in [6, 6.07) is 19.9. The average Bonchev–Trinajstić information content (AvgIpc) is 2.99. The van der Waals surface area contributed by atoms with Crippen molar-refractivity contribution in [1.29, 1.82) is 0 Å². The summed E-state index contributed by atoms with van der Waals surface area (Å²) in [7, 11) is 0. The largest absolute Gasteiger partial charge is 0.490 e. The number of aromatic nitrogens is 3. The van der Waals surface area contributed by atoms with Crippen LogP contribution in [0.15, 0.2) is 60.7 Å². The number of nitrogens with zero attached hydrogens (tertiary/aromatic N) is 3. The van der Waals surface area contributed by atoms with Crippen LogP contribution in [0.4, 0.5) is 5.95 Å². The molecule has 0 spiro atoms. The molecular weight excluding hydrogens is 364 g/mol. The highest BCUT2D eigenvalue weighted by Crippen LogP contribution is 2.34. The molecule has 4 aromatic rings. The van der Waals surface area contributed by atoms with Gasteiger partial charge in [-0.1, -0.05) is 30.3 Å². The SMILES string of the molecule is Nc1nc(Cc2ccccc2)c2nc(-c3ccc4c(c3)OCCCO4)ccc2n1. The molecule has 0 atom stereocenters. The fourth-order valence-electron chi connectivity index (χ4n) is 3.49. The number of pyridine rings is 1. The van der Waals surface area contributed by atoms with Crippen LogP contribution in [-0.4, -0.2) is 28.2 Å². The normalized spacial score (nSPS) is 13.2. The molecule has 0 fully saturated rings. The van der Waals surface area contributed by atoms with Crippen LogP contribution in [0.5, 0.6) is 11.5 Å². The summed E-state index contributed by atoms with van der Waals surface area (Å²) in [5.74, 6) is 1.78. The highest BCUT2D eigenvalue weighted by molar-refractivity contribution is 5.81. The van der Waals surface area contributed by atoms with Gasteiger partial charge in [-0.05, 0) is 35.9 Å². The van der Waals surface area contributed by atoms with Gasteiger partial charge in [0.25, 0.3) is 0 Å². The number of anilines is 1. The molecular formula is C23H20N4O2. The lowest BCUT2D eigenvalue weighted by atomic mass is 10.1. The second kappa shape index (κ2) is 7.39. The Labute approximate surface area is 168 Å². The zero-order valence-corrected chi connectivity index (χ0v) is 15.8. The van der Waals surface area contributed by atoms with Gasteiger partial charge in [0.15, 0.2) is 11.5 Å². The van der Waals surface area contributed by atoms with Crippen molar-refractivity contribution in [2.75, 3.05) is 18.9 Å². The van der Waals surface area contributed by atoms with Crippen LogP contribution in [0.25, 0.3) is 22.3 Å². The topological polar surface area (TPSA) is 83.2 Å². The van der Waals surface area contributed by atoms with Gasteiger partial charge < -0.3 is 15.2 Å². The summed E-state index contributed by atoms with van der Waals surface area (Å²) in [6.07, 6.45) is 1.52. The van der Waals surface area contributed by atoms with Crippen LogP contribution >= 0.6 is 0 Å². The number of hydrogen-bond acceptors (Lipinski definition) is 6. The Morgan fingerprint density at radius 1 is 0.828 bits per heavy atom. The molecule has 6 heteroatoms. The van der Waals surface area contributed by atoms with E-state index >= 15 is 0 Å². The van der Waals surface area contributed by atoms with Crippen molar-refractivity contribution in [3.05, 3.63) is 71.9 Å². The summed E-state index contributed by atoms with van der Waals surface area (Å²) in [4.78, 5) is 13.7. The lowest BCUT2D eigenvalue weighted by molar-refractivity contribution is 0.297. The van der Waals surface area contributed by atoms with E-state index < -0.39 is 0 Å². The van der Waals surface area contributed by atoms with Crippen LogP contribution in [0, 0.1) is 0 Å². The second-order valence-electron chi connectivity index (χ2n) is 6.97. The van der Waals surface area contributed by atoms with E-state index in [1.165, 1.54) is 0 Å². The second-order valence-corrected chi connectivity index (χ2v) is 6.97. The van der Waals surface area contributed by atoms with Crippen LogP contribution < -0.4 is 15.2 Å². The van der Waals surface area contributed by atoms with Gasteiger partial charge in [0.2, 0.25) is 5.95 Å². The zero-order chi connectivity index (χ0) is 19.6. The van der Waals surface area contributed by atoms with Gasteiger partial charge in [-0.15, -0.1) is 0 Å². The van der Waals surface area contributed by atoms with Crippen molar-refractivity contribution < 1.29 is 9.47 Å². The maximum atomic E-state index is 5.94. The number of fused-ring (bicyclic) bond motifs is 2. The van der Waals surface area contributed by atoms with Gasteiger partial charge in [0, 0.05) is 18.4 Å². The number of rotatable bonds is 3. The first kappa shape index (κ1) is 17.4. The van der Waals surface area contributed by atoms with Crippen molar-refractivity contribution in [2.24, 2.45) is 0 Å². The minimum absolute atomic E-state index is 0.258. The first-order valence-electron chi connectivity index (χ1n) is 9.63. The van der Waals surface area contributed by atoms with Crippen molar-refractivity contribution in [1.82, 2.24) is 15.0 Å². The molecule has 29 heavy (non-hydrogen) atoms. The molecule has 0 bridgehead atoms. The van der Waals surface area contributed by atoms with Crippen molar-refractivity contribution in [2.45, 2.75) is 12.8 Å². The Morgan fingerprint density at radius 2 is 1.66 bits per heavy atom. The highest BCUT2D eigenvalue weighted by atomic mass is 16.5. The fraction of sp³-hybridized carbons (Fsp3) is 0.174. The molecule has 1 aliphatic rings. The average molecular weight is 384 g/mol. The van der Waals surface area contributed by atoms with Gasteiger partial charge in [-0.3, -0.25) is 0 Å².